The van der Waals surface area contributed by atoms with Crippen LogP contribution >= 0.6 is 23.1 Å². The number of nitrogens with zero attached hydrogens (tertiary/aromatic N) is 3. The molecule has 0 spiro atoms. The van der Waals surface area contributed by atoms with Crippen LogP contribution in [0, 0.1) is 0 Å². The van der Waals surface area contributed by atoms with E-state index in [2.05, 4.69) is 9.77 Å². The van der Waals surface area contributed by atoms with Gasteiger partial charge < -0.3 is 5.53 Å². The number of hydrogen-bond donors (Lipinski definition) is 0. The zero-order valence-electron chi connectivity index (χ0n) is 8.16. The molecule has 2 rings (SSSR count). The van der Waals surface area contributed by atoms with Crippen LogP contribution in [0.2, 0.25) is 0 Å². The fraction of sp³-hybridized carbons (Fsp3) is 0.100. The number of Topliss-reactive ketones (excluding diaryl/α,β-unsaturated/α-hetero) is 1. The highest BCUT2D eigenvalue weighted by Crippen LogP contribution is 2.28. The van der Waals surface area contributed by atoms with Crippen molar-refractivity contribution in [3.05, 3.63) is 29.8 Å². The van der Waals surface area contributed by atoms with Crippen molar-refractivity contribution >= 4 is 45.3 Å². The predicted octanol–water partition coefficient (Wildman–Crippen LogP) is 2.26. The van der Waals surface area contributed by atoms with Crippen molar-refractivity contribution in [3.63, 3.8) is 0 Å². The van der Waals surface area contributed by atoms with E-state index < -0.39 is 0 Å². The number of fused-ring (bicyclic) bond motifs is 1. The topological polar surface area (TPSA) is 66.4 Å². The Morgan fingerprint density at radius 1 is 1.56 bits per heavy atom. The Balaban J connectivity index is 2.10. The molecule has 0 N–H and O–H groups in total. The number of thioether (sulfide) groups is 1. The Hall–Kier alpha value is -1.49. The van der Waals surface area contributed by atoms with Crippen molar-refractivity contribution in [1.29, 1.82) is 0 Å². The van der Waals surface area contributed by atoms with E-state index in [1.165, 1.54) is 11.8 Å². The number of carbonyl (C=O) groups excluding carboxylic acids is 1. The summed E-state index contributed by atoms with van der Waals surface area (Å²) in [6.45, 7) is 0. The number of benzene rings is 1. The summed E-state index contributed by atoms with van der Waals surface area (Å²) in [7, 11) is 0. The van der Waals surface area contributed by atoms with Gasteiger partial charge in [-0.1, -0.05) is 23.9 Å². The number of carbonyl (C=O) groups is 1. The molecule has 0 saturated carbocycles. The van der Waals surface area contributed by atoms with Crippen molar-refractivity contribution in [1.82, 2.24) is 4.98 Å². The Morgan fingerprint density at radius 2 is 2.38 bits per heavy atom. The summed E-state index contributed by atoms with van der Waals surface area (Å²) in [4.78, 5) is 18.1. The predicted molar refractivity (Wildman–Crippen MR) is 65.0 cm³/mol. The van der Waals surface area contributed by atoms with E-state index in [4.69, 9.17) is 5.53 Å². The Bertz CT molecular complexity index is 539. The first-order valence-corrected chi connectivity index (χ1v) is 6.28. The molecule has 0 aliphatic heterocycles. The van der Waals surface area contributed by atoms with Gasteiger partial charge >= 0.3 is 6.21 Å². The average molecular weight is 249 g/mol. The second-order valence-corrected chi connectivity index (χ2v) is 5.20. The molecule has 6 heteroatoms. The molecule has 1 heterocycles. The molecule has 0 aliphatic rings. The molecule has 4 nitrogen and oxygen atoms in total. The summed E-state index contributed by atoms with van der Waals surface area (Å²) >= 11 is 2.90. The van der Waals surface area contributed by atoms with Crippen molar-refractivity contribution in [2.24, 2.45) is 0 Å². The SMILES string of the molecule is [N-]=[N+]=CC(=O)CSc1nc2ccccc2s1. The minimum atomic E-state index is -0.230. The molecule has 16 heavy (non-hydrogen) atoms. The van der Waals surface area contributed by atoms with Gasteiger partial charge in [0.2, 0.25) is 5.78 Å². The first-order valence-electron chi connectivity index (χ1n) is 4.48. The number of thiazole rings is 1. The molecular weight excluding hydrogens is 242 g/mol. The van der Waals surface area contributed by atoms with Gasteiger partial charge in [0.1, 0.15) is 0 Å². The lowest BCUT2D eigenvalue weighted by Crippen LogP contribution is -2.02. The first-order chi connectivity index (χ1) is 7.79. The second-order valence-electron chi connectivity index (χ2n) is 2.95. The van der Waals surface area contributed by atoms with E-state index in [-0.39, 0.29) is 11.5 Å². The lowest BCUT2D eigenvalue weighted by molar-refractivity contribution is -0.113. The second kappa shape index (κ2) is 5.03. The summed E-state index contributed by atoms with van der Waals surface area (Å²) in [5, 5.41) is 0. The lowest BCUT2D eigenvalue weighted by Gasteiger charge is -1.87. The maximum absolute atomic E-state index is 11.1. The number of ketones is 1. The van der Waals surface area contributed by atoms with Crippen LogP contribution in [0.1, 0.15) is 0 Å². The third-order valence-electron chi connectivity index (χ3n) is 1.81. The van der Waals surface area contributed by atoms with Crippen LogP contribution in [0.5, 0.6) is 0 Å². The smallest absolute Gasteiger partial charge is 0.324 e. The van der Waals surface area contributed by atoms with Crippen molar-refractivity contribution in [3.8, 4) is 0 Å². The van der Waals surface area contributed by atoms with E-state index in [0.717, 1.165) is 20.8 Å². The Labute approximate surface area is 99.9 Å². The van der Waals surface area contributed by atoms with Gasteiger partial charge in [0, 0.05) is 0 Å². The molecule has 0 aliphatic carbocycles. The third-order valence-corrected chi connectivity index (χ3v) is 4.02. The van der Waals surface area contributed by atoms with Crippen LogP contribution in [0.25, 0.3) is 15.7 Å². The van der Waals surface area contributed by atoms with Gasteiger partial charge in [0.05, 0.1) is 16.0 Å². The highest BCUT2D eigenvalue weighted by Gasteiger charge is 2.07. The van der Waals surface area contributed by atoms with Crippen LogP contribution in [0.4, 0.5) is 0 Å². The zero-order valence-corrected chi connectivity index (χ0v) is 9.79. The maximum atomic E-state index is 11.1. The quantitative estimate of drug-likeness (QED) is 0.361. The summed E-state index contributed by atoms with van der Waals surface area (Å²) in [5.41, 5.74) is 9.12. The minimum absolute atomic E-state index is 0.230. The van der Waals surface area contributed by atoms with E-state index in [1.807, 2.05) is 24.3 Å². The first kappa shape index (κ1) is 11.0. The largest absolute Gasteiger partial charge is 0.361 e. The molecule has 1 aromatic heterocycles. The molecule has 0 saturated heterocycles. The summed E-state index contributed by atoms with van der Waals surface area (Å²) in [6.07, 6.45) is 0.903. The molecule has 0 bridgehead atoms. The van der Waals surface area contributed by atoms with E-state index in [1.54, 1.807) is 11.3 Å². The molecule has 80 valence electrons. The van der Waals surface area contributed by atoms with Gasteiger partial charge in [-0.2, -0.15) is 4.79 Å². The van der Waals surface area contributed by atoms with Gasteiger partial charge in [0.25, 0.3) is 0 Å². The number of aromatic nitrogens is 1. The van der Waals surface area contributed by atoms with Gasteiger partial charge in [-0.05, 0) is 12.1 Å². The van der Waals surface area contributed by atoms with Gasteiger partial charge in [-0.25, -0.2) is 4.98 Å². The summed E-state index contributed by atoms with van der Waals surface area (Å²) < 4.78 is 1.95. The third kappa shape index (κ3) is 2.55. The standard InChI is InChI=1S/C10H7N3OS2/c11-12-5-7(14)6-15-10-13-8-3-1-2-4-9(8)16-10/h1-5H,6H2. The highest BCUT2D eigenvalue weighted by molar-refractivity contribution is 8.01. The highest BCUT2D eigenvalue weighted by atomic mass is 32.2. The van der Waals surface area contributed by atoms with Crippen LogP contribution in [-0.2, 0) is 4.79 Å². The average Bonchev–Trinajstić information content (AvgIpc) is 2.69. The fourth-order valence-corrected chi connectivity index (χ4v) is 3.03. The Kier molecular flexibility index (Phi) is 3.46. The normalized spacial score (nSPS) is 10.0. The van der Waals surface area contributed by atoms with Crippen molar-refractivity contribution in [2.75, 3.05) is 5.75 Å². The van der Waals surface area contributed by atoms with Gasteiger partial charge in [0.15, 0.2) is 4.34 Å². The van der Waals surface area contributed by atoms with Crippen LogP contribution < -0.4 is 0 Å². The number of rotatable bonds is 4. The van der Waals surface area contributed by atoms with Crippen LogP contribution in [0.3, 0.4) is 0 Å². The monoisotopic (exact) mass is 249 g/mol. The molecule has 0 amide bonds. The molecule has 0 radical (unpaired) electrons. The minimum Gasteiger partial charge on any atom is -0.361 e. The fourth-order valence-electron chi connectivity index (χ4n) is 1.15. The lowest BCUT2D eigenvalue weighted by atomic mass is 10.3. The molecule has 1 aromatic carbocycles. The van der Waals surface area contributed by atoms with E-state index in [9.17, 15) is 4.79 Å². The summed E-state index contributed by atoms with van der Waals surface area (Å²) in [5.74, 6) is 0.0101. The molecular formula is C10H7N3OS2. The summed E-state index contributed by atoms with van der Waals surface area (Å²) in [6, 6.07) is 7.82. The Morgan fingerprint density at radius 3 is 3.12 bits per heavy atom. The molecule has 2 aromatic rings. The van der Waals surface area contributed by atoms with Crippen molar-refractivity contribution in [2.45, 2.75) is 4.34 Å². The maximum Gasteiger partial charge on any atom is 0.324 e. The van der Waals surface area contributed by atoms with Gasteiger partial charge in [-0.15, -0.1) is 11.3 Å². The van der Waals surface area contributed by atoms with Crippen LogP contribution in [-0.4, -0.2) is 27.5 Å². The number of hydrogen-bond acceptors (Lipinski definition) is 4. The van der Waals surface area contributed by atoms with E-state index in [0.29, 0.717) is 0 Å². The van der Waals surface area contributed by atoms with Crippen LogP contribution in [0.15, 0.2) is 28.6 Å². The molecule has 0 unspecified atom stereocenters. The van der Waals surface area contributed by atoms with Gasteiger partial charge in [-0.3, -0.25) is 4.79 Å². The van der Waals surface area contributed by atoms with Crippen molar-refractivity contribution < 1.29 is 9.58 Å². The number of para-hydroxylation sites is 1. The molecule has 0 atom stereocenters. The molecule has 0 fully saturated rings. The van der Waals surface area contributed by atoms with E-state index >= 15 is 0 Å². The zero-order chi connectivity index (χ0) is 11.4.